The minimum atomic E-state index is -1.38. The summed E-state index contributed by atoms with van der Waals surface area (Å²) in [7, 11) is 0. The number of hydrogen-bond acceptors (Lipinski definition) is 2. The van der Waals surface area contributed by atoms with Gasteiger partial charge in [0.1, 0.15) is 5.41 Å². The van der Waals surface area contributed by atoms with Crippen molar-refractivity contribution >= 4 is 11.9 Å². The molecule has 0 aliphatic carbocycles. The highest BCUT2D eigenvalue weighted by Gasteiger charge is 2.35. The molecule has 1 rings (SSSR count). The van der Waals surface area contributed by atoms with E-state index < -0.39 is 17.3 Å². The summed E-state index contributed by atoms with van der Waals surface area (Å²) >= 11 is 0. The van der Waals surface area contributed by atoms with Crippen LogP contribution in [-0.2, 0) is 16.0 Å². The van der Waals surface area contributed by atoms with E-state index in [1.807, 2.05) is 31.2 Å². The fourth-order valence-corrected chi connectivity index (χ4v) is 1.52. The van der Waals surface area contributed by atoms with Crippen molar-refractivity contribution in [2.45, 2.75) is 27.2 Å². The third-order valence-electron chi connectivity index (χ3n) is 3.04. The number of nitrogens with one attached hydrogen (secondary N) is 1. The van der Waals surface area contributed by atoms with Gasteiger partial charge in [0.25, 0.3) is 0 Å². The Morgan fingerprint density at radius 2 is 1.89 bits per heavy atom. The Bertz CT molecular complexity index is 452. The van der Waals surface area contributed by atoms with Crippen LogP contribution in [0, 0.1) is 12.3 Å². The van der Waals surface area contributed by atoms with E-state index in [9.17, 15) is 9.59 Å². The molecule has 0 unspecified atom stereocenters. The van der Waals surface area contributed by atoms with Gasteiger partial charge in [-0.05, 0) is 38.3 Å². The van der Waals surface area contributed by atoms with E-state index in [1.54, 1.807) is 0 Å². The zero-order chi connectivity index (χ0) is 13.8. The van der Waals surface area contributed by atoms with E-state index in [4.69, 9.17) is 5.11 Å². The number of carboxylic acids is 1. The van der Waals surface area contributed by atoms with Crippen molar-refractivity contribution in [1.82, 2.24) is 5.32 Å². The quantitative estimate of drug-likeness (QED) is 0.781. The monoisotopic (exact) mass is 249 g/mol. The molecular weight excluding hydrogens is 230 g/mol. The summed E-state index contributed by atoms with van der Waals surface area (Å²) in [5, 5.41) is 11.6. The van der Waals surface area contributed by atoms with Crippen LogP contribution in [0.4, 0.5) is 0 Å². The summed E-state index contributed by atoms with van der Waals surface area (Å²) in [4.78, 5) is 22.6. The zero-order valence-electron chi connectivity index (χ0n) is 11.0. The molecule has 0 atom stereocenters. The van der Waals surface area contributed by atoms with Crippen LogP contribution in [-0.4, -0.2) is 23.5 Å². The number of carboxylic acid groups (broad SMARTS) is 1. The van der Waals surface area contributed by atoms with Gasteiger partial charge in [-0.15, -0.1) is 0 Å². The Kier molecular flexibility index (Phi) is 4.48. The van der Waals surface area contributed by atoms with Crippen molar-refractivity contribution in [3.05, 3.63) is 35.4 Å². The molecule has 4 heteroatoms. The maximum absolute atomic E-state index is 11.7. The van der Waals surface area contributed by atoms with Gasteiger partial charge in [0, 0.05) is 6.54 Å². The SMILES string of the molecule is Cc1ccccc1CCNC(=O)C(C)(C)C(=O)O. The van der Waals surface area contributed by atoms with Gasteiger partial charge in [0.05, 0.1) is 0 Å². The second-order valence-electron chi connectivity index (χ2n) is 4.86. The first-order valence-electron chi connectivity index (χ1n) is 5.92. The normalized spacial score (nSPS) is 11.1. The van der Waals surface area contributed by atoms with Crippen LogP contribution in [0.5, 0.6) is 0 Å². The minimum absolute atomic E-state index is 0.445. The first-order chi connectivity index (χ1) is 8.35. The average Bonchev–Trinajstić information content (AvgIpc) is 2.31. The van der Waals surface area contributed by atoms with Crippen LogP contribution < -0.4 is 5.32 Å². The Labute approximate surface area is 107 Å². The summed E-state index contributed by atoms with van der Waals surface area (Å²) in [6.07, 6.45) is 0.702. The second-order valence-corrected chi connectivity index (χ2v) is 4.86. The van der Waals surface area contributed by atoms with Crippen LogP contribution in [0.1, 0.15) is 25.0 Å². The molecule has 0 saturated carbocycles. The van der Waals surface area contributed by atoms with Gasteiger partial charge in [-0.3, -0.25) is 9.59 Å². The Morgan fingerprint density at radius 1 is 1.28 bits per heavy atom. The van der Waals surface area contributed by atoms with Crippen LogP contribution in [0.3, 0.4) is 0 Å². The molecule has 98 valence electrons. The van der Waals surface area contributed by atoms with Crippen molar-refractivity contribution in [1.29, 1.82) is 0 Å². The van der Waals surface area contributed by atoms with Crippen molar-refractivity contribution in [3.63, 3.8) is 0 Å². The van der Waals surface area contributed by atoms with Gasteiger partial charge in [0.2, 0.25) is 5.91 Å². The molecule has 0 aromatic heterocycles. The van der Waals surface area contributed by atoms with Crippen molar-refractivity contribution in [3.8, 4) is 0 Å². The standard InChI is InChI=1S/C14H19NO3/c1-10-6-4-5-7-11(10)8-9-15-12(16)14(2,3)13(17)18/h4-7H,8-9H2,1-3H3,(H,15,16)(H,17,18). The third-order valence-corrected chi connectivity index (χ3v) is 3.04. The van der Waals surface area contributed by atoms with Crippen molar-refractivity contribution in [2.24, 2.45) is 5.41 Å². The summed E-state index contributed by atoms with van der Waals surface area (Å²) in [6, 6.07) is 7.93. The molecule has 0 fully saturated rings. The molecular formula is C14H19NO3. The molecule has 0 spiro atoms. The van der Waals surface area contributed by atoms with Gasteiger partial charge in [0.15, 0.2) is 0 Å². The fraction of sp³-hybridized carbons (Fsp3) is 0.429. The smallest absolute Gasteiger partial charge is 0.318 e. The van der Waals surface area contributed by atoms with E-state index >= 15 is 0 Å². The first-order valence-corrected chi connectivity index (χ1v) is 5.92. The molecule has 2 N–H and O–H groups in total. The molecule has 0 radical (unpaired) electrons. The fourth-order valence-electron chi connectivity index (χ4n) is 1.52. The number of aliphatic carboxylic acids is 1. The highest BCUT2D eigenvalue weighted by Crippen LogP contribution is 2.15. The maximum Gasteiger partial charge on any atom is 0.318 e. The van der Waals surface area contributed by atoms with Crippen LogP contribution >= 0.6 is 0 Å². The Balaban J connectivity index is 2.51. The van der Waals surface area contributed by atoms with Gasteiger partial charge >= 0.3 is 5.97 Å². The topological polar surface area (TPSA) is 66.4 Å². The number of amides is 1. The van der Waals surface area contributed by atoms with Gasteiger partial charge in [-0.1, -0.05) is 24.3 Å². The summed E-state index contributed by atoms with van der Waals surface area (Å²) in [6.45, 7) is 5.26. The highest BCUT2D eigenvalue weighted by molar-refractivity contribution is 6.00. The number of hydrogen-bond donors (Lipinski definition) is 2. The summed E-state index contributed by atoms with van der Waals surface area (Å²) in [5.41, 5.74) is 0.946. The number of benzene rings is 1. The molecule has 4 nitrogen and oxygen atoms in total. The van der Waals surface area contributed by atoms with E-state index in [-0.39, 0.29) is 0 Å². The van der Waals surface area contributed by atoms with Crippen LogP contribution in [0.2, 0.25) is 0 Å². The Hall–Kier alpha value is -1.84. The van der Waals surface area contributed by atoms with E-state index in [0.717, 1.165) is 5.56 Å². The highest BCUT2D eigenvalue weighted by atomic mass is 16.4. The van der Waals surface area contributed by atoms with Crippen molar-refractivity contribution in [2.75, 3.05) is 6.54 Å². The molecule has 0 saturated heterocycles. The van der Waals surface area contributed by atoms with E-state index in [0.29, 0.717) is 13.0 Å². The van der Waals surface area contributed by atoms with Gasteiger partial charge < -0.3 is 10.4 Å². The predicted molar refractivity (Wildman–Crippen MR) is 69.3 cm³/mol. The van der Waals surface area contributed by atoms with Crippen LogP contribution in [0.15, 0.2) is 24.3 Å². The number of aryl methyl sites for hydroxylation is 1. The summed E-state index contributed by atoms with van der Waals surface area (Å²) < 4.78 is 0. The largest absolute Gasteiger partial charge is 0.480 e. The lowest BCUT2D eigenvalue weighted by Crippen LogP contribution is -2.43. The summed E-state index contributed by atoms with van der Waals surface area (Å²) in [5.74, 6) is -1.57. The van der Waals surface area contributed by atoms with Gasteiger partial charge in [-0.2, -0.15) is 0 Å². The maximum atomic E-state index is 11.7. The molecule has 0 aliphatic rings. The molecule has 18 heavy (non-hydrogen) atoms. The van der Waals surface area contributed by atoms with Gasteiger partial charge in [-0.25, -0.2) is 0 Å². The molecule has 0 heterocycles. The predicted octanol–water partition coefficient (Wildman–Crippen LogP) is 1.76. The molecule has 1 amide bonds. The molecule has 1 aromatic carbocycles. The number of rotatable bonds is 5. The third kappa shape index (κ3) is 3.32. The minimum Gasteiger partial charge on any atom is -0.480 e. The molecule has 0 bridgehead atoms. The lowest BCUT2D eigenvalue weighted by Gasteiger charge is -2.18. The molecule has 1 aromatic rings. The average molecular weight is 249 g/mol. The molecule has 0 aliphatic heterocycles. The van der Waals surface area contributed by atoms with Crippen LogP contribution in [0.25, 0.3) is 0 Å². The second kappa shape index (κ2) is 5.67. The van der Waals surface area contributed by atoms with Crippen molar-refractivity contribution < 1.29 is 14.7 Å². The lowest BCUT2D eigenvalue weighted by molar-refractivity contribution is -0.153. The Morgan fingerprint density at radius 3 is 2.44 bits per heavy atom. The van der Waals surface area contributed by atoms with E-state index in [2.05, 4.69) is 5.32 Å². The number of carbonyl (C=O) groups excluding carboxylic acids is 1. The first kappa shape index (κ1) is 14.2. The van der Waals surface area contributed by atoms with E-state index in [1.165, 1.54) is 19.4 Å². The zero-order valence-corrected chi connectivity index (χ0v) is 11.0. The number of carbonyl (C=O) groups is 2. The lowest BCUT2D eigenvalue weighted by atomic mass is 9.92.